The molecule has 1 saturated carbocycles. The molecule has 0 aliphatic heterocycles. The third kappa shape index (κ3) is 2.33. The number of carboxylic acid groups (broad SMARTS) is 1. The highest BCUT2D eigenvalue weighted by Gasteiger charge is 2.57. The first kappa shape index (κ1) is 16.3. The van der Waals surface area contributed by atoms with Crippen LogP contribution in [0.2, 0.25) is 0 Å². The van der Waals surface area contributed by atoms with E-state index in [-0.39, 0.29) is 11.3 Å². The van der Waals surface area contributed by atoms with Gasteiger partial charge in [0.05, 0.1) is 11.5 Å². The summed E-state index contributed by atoms with van der Waals surface area (Å²) in [7, 11) is 0. The minimum Gasteiger partial charge on any atom is -0.481 e. The first-order chi connectivity index (χ1) is 10.7. The van der Waals surface area contributed by atoms with Crippen LogP contribution in [0.25, 0.3) is 5.57 Å². The Hall–Kier alpha value is -1.61. The number of aliphatic carboxylic acids is 1. The molecule has 0 saturated heterocycles. The molecule has 3 heteroatoms. The van der Waals surface area contributed by atoms with Crippen molar-refractivity contribution in [3.63, 3.8) is 0 Å². The smallest absolute Gasteiger partial charge is 0.309 e. The van der Waals surface area contributed by atoms with E-state index in [1.165, 1.54) is 11.1 Å². The molecular weight excluding hydrogens is 288 g/mol. The minimum absolute atomic E-state index is 0.0547. The molecule has 0 spiro atoms. The quantitative estimate of drug-likeness (QED) is 0.873. The van der Waals surface area contributed by atoms with Crippen LogP contribution in [0, 0.1) is 11.3 Å². The molecule has 1 fully saturated rings. The molecule has 2 aliphatic carbocycles. The summed E-state index contributed by atoms with van der Waals surface area (Å²) >= 11 is 0. The molecule has 2 aliphatic rings. The molecule has 0 bridgehead atoms. The van der Waals surface area contributed by atoms with Gasteiger partial charge >= 0.3 is 5.97 Å². The Morgan fingerprint density at radius 3 is 2.61 bits per heavy atom. The van der Waals surface area contributed by atoms with Gasteiger partial charge in [-0.25, -0.2) is 0 Å². The van der Waals surface area contributed by atoms with E-state index < -0.39 is 17.5 Å². The lowest BCUT2D eigenvalue weighted by molar-refractivity contribution is -0.162. The molecular formula is C20H26O3. The van der Waals surface area contributed by atoms with Crippen LogP contribution >= 0.6 is 0 Å². The van der Waals surface area contributed by atoms with Gasteiger partial charge in [-0.15, -0.1) is 0 Å². The molecule has 0 aromatic heterocycles. The Balaban J connectivity index is 2.12. The average molecular weight is 314 g/mol. The van der Waals surface area contributed by atoms with Crippen LogP contribution in [0.3, 0.4) is 0 Å². The summed E-state index contributed by atoms with van der Waals surface area (Å²) in [4.78, 5) is 12.0. The van der Waals surface area contributed by atoms with Gasteiger partial charge in [0.2, 0.25) is 0 Å². The fraction of sp³-hybridized carbons (Fsp3) is 0.550. The first-order valence-electron chi connectivity index (χ1n) is 8.39. The zero-order chi connectivity index (χ0) is 17.0. The van der Waals surface area contributed by atoms with E-state index >= 15 is 0 Å². The van der Waals surface area contributed by atoms with Crippen LogP contribution in [0.5, 0.6) is 0 Å². The fourth-order valence-electron chi connectivity index (χ4n) is 5.13. The zero-order valence-electron chi connectivity index (χ0n) is 14.2. The molecule has 1 aromatic rings. The highest BCUT2D eigenvalue weighted by atomic mass is 16.4. The lowest BCUT2D eigenvalue weighted by atomic mass is 9.49. The summed E-state index contributed by atoms with van der Waals surface area (Å²) in [5, 5.41) is 20.2. The summed E-state index contributed by atoms with van der Waals surface area (Å²) in [5.74, 6) is -0.728. The van der Waals surface area contributed by atoms with Crippen LogP contribution in [-0.4, -0.2) is 22.3 Å². The van der Waals surface area contributed by atoms with Crippen molar-refractivity contribution in [2.24, 2.45) is 11.3 Å². The Labute approximate surface area is 138 Å². The Morgan fingerprint density at radius 2 is 2.00 bits per heavy atom. The molecule has 4 unspecified atom stereocenters. The maximum Gasteiger partial charge on any atom is 0.309 e. The number of rotatable bonds is 2. The molecule has 3 rings (SSSR count). The molecule has 2 N–H and O–H groups in total. The number of allylic oxidation sites excluding steroid dienone is 1. The van der Waals surface area contributed by atoms with E-state index in [2.05, 4.69) is 31.7 Å². The predicted octanol–water partition coefficient (Wildman–Crippen LogP) is 3.79. The molecule has 1 aromatic carbocycles. The second-order valence-corrected chi connectivity index (χ2v) is 7.95. The number of fused-ring (bicyclic) bond motifs is 3. The summed E-state index contributed by atoms with van der Waals surface area (Å²) < 4.78 is 0. The second-order valence-electron chi connectivity index (χ2n) is 7.95. The van der Waals surface area contributed by atoms with Crippen LogP contribution in [0.1, 0.15) is 56.7 Å². The van der Waals surface area contributed by atoms with Gasteiger partial charge in [-0.3, -0.25) is 4.79 Å². The molecule has 23 heavy (non-hydrogen) atoms. The molecule has 124 valence electrons. The van der Waals surface area contributed by atoms with Gasteiger partial charge in [0.15, 0.2) is 0 Å². The number of aliphatic hydroxyl groups excluding tert-OH is 1. The number of carboxylic acids is 1. The lowest BCUT2D eigenvalue weighted by Gasteiger charge is -2.55. The Morgan fingerprint density at radius 1 is 1.30 bits per heavy atom. The Kier molecular flexibility index (Phi) is 3.68. The third-order valence-electron chi connectivity index (χ3n) is 6.26. The van der Waals surface area contributed by atoms with E-state index in [9.17, 15) is 15.0 Å². The van der Waals surface area contributed by atoms with Gasteiger partial charge in [-0.05, 0) is 67.6 Å². The number of aryl methyl sites for hydroxylation is 1. The summed E-state index contributed by atoms with van der Waals surface area (Å²) in [6.45, 7) is 9.97. The maximum absolute atomic E-state index is 12.0. The first-order valence-corrected chi connectivity index (χ1v) is 8.39. The summed E-state index contributed by atoms with van der Waals surface area (Å²) in [6.07, 6.45) is 2.18. The monoisotopic (exact) mass is 314 g/mol. The molecule has 0 radical (unpaired) electrons. The van der Waals surface area contributed by atoms with Crippen molar-refractivity contribution in [1.29, 1.82) is 0 Å². The highest BCUT2D eigenvalue weighted by Crippen LogP contribution is 2.57. The summed E-state index contributed by atoms with van der Waals surface area (Å²) in [6, 6.07) is 6.40. The van der Waals surface area contributed by atoms with Gasteiger partial charge in [-0.1, -0.05) is 37.3 Å². The Bertz CT molecular complexity index is 677. The van der Waals surface area contributed by atoms with Crippen molar-refractivity contribution in [1.82, 2.24) is 0 Å². The number of hydrogen-bond acceptors (Lipinski definition) is 2. The van der Waals surface area contributed by atoms with Gasteiger partial charge in [0.25, 0.3) is 0 Å². The summed E-state index contributed by atoms with van der Waals surface area (Å²) in [5.41, 5.74) is 3.53. The number of benzene rings is 1. The van der Waals surface area contributed by atoms with Crippen molar-refractivity contribution in [2.75, 3.05) is 0 Å². The lowest BCUT2D eigenvalue weighted by Crippen LogP contribution is -2.56. The van der Waals surface area contributed by atoms with Crippen LogP contribution in [-0.2, 0) is 16.6 Å². The number of aliphatic hydroxyl groups is 1. The van der Waals surface area contributed by atoms with E-state index in [4.69, 9.17) is 0 Å². The van der Waals surface area contributed by atoms with E-state index in [1.54, 1.807) is 0 Å². The minimum atomic E-state index is -0.864. The molecule has 0 heterocycles. The zero-order valence-corrected chi connectivity index (χ0v) is 14.2. The SMILES string of the molecule is C=C(C)c1ccc2c(c1)CCC1C(C)(C(=O)O)CC(O)CC21C. The molecule has 0 amide bonds. The topological polar surface area (TPSA) is 57.5 Å². The van der Waals surface area contributed by atoms with E-state index in [0.717, 1.165) is 24.0 Å². The van der Waals surface area contributed by atoms with E-state index in [0.29, 0.717) is 12.8 Å². The van der Waals surface area contributed by atoms with Crippen molar-refractivity contribution in [2.45, 2.75) is 58.0 Å². The van der Waals surface area contributed by atoms with Gasteiger partial charge in [0, 0.05) is 0 Å². The number of hydrogen-bond donors (Lipinski definition) is 2. The van der Waals surface area contributed by atoms with Crippen molar-refractivity contribution >= 4 is 11.5 Å². The van der Waals surface area contributed by atoms with Crippen LogP contribution in [0.4, 0.5) is 0 Å². The van der Waals surface area contributed by atoms with Crippen molar-refractivity contribution in [3.05, 3.63) is 41.5 Å². The van der Waals surface area contributed by atoms with Gasteiger partial charge in [-0.2, -0.15) is 0 Å². The average Bonchev–Trinajstić information content (AvgIpc) is 2.45. The van der Waals surface area contributed by atoms with Gasteiger partial charge in [0.1, 0.15) is 0 Å². The maximum atomic E-state index is 12.0. The standard InChI is InChI=1S/C20H26O3/c1-12(2)13-5-7-16-14(9-13)6-8-17-19(16,3)10-15(21)11-20(17,4)18(22)23/h5,7,9,15,17,21H,1,6,8,10-11H2,2-4H3,(H,22,23). The van der Waals surface area contributed by atoms with Gasteiger partial charge < -0.3 is 10.2 Å². The van der Waals surface area contributed by atoms with Crippen LogP contribution < -0.4 is 0 Å². The number of carbonyl (C=O) groups is 1. The van der Waals surface area contributed by atoms with E-state index in [1.807, 2.05) is 13.8 Å². The van der Waals surface area contributed by atoms with Crippen molar-refractivity contribution in [3.8, 4) is 0 Å². The van der Waals surface area contributed by atoms with Crippen molar-refractivity contribution < 1.29 is 15.0 Å². The second kappa shape index (κ2) is 5.20. The largest absolute Gasteiger partial charge is 0.481 e. The predicted molar refractivity (Wildman–Crippen MR) is 91.3 cm³/mol. The molecule has 4 atom stereocenters. The van der Waals surface area contributed by atoms with Crippen LogP contribution in [0.15, 0.2) is 24.8 Å². The third-order valence-corrected chi connectivity index (χ3v) is 6.26. The highest BCUT2D eigenvalue weighted by molar-refractivity contribution is 5.75. The normalized spacial score (nSPS) is 36.0. The molecule has 3 nitrogen and oxygen atoms in total. The fourth-order valence-corrected chi connectivity index (χ4v) is 5.13.